The topological polar surface area (TPSA) is 90.9 Å². The van der Waals surface area contributed by atoms with Gasteiger partial charge < -0.3 is 9.88 Å². The lowest BCUT2D eigenvalue weighted by molar-refractivity contribution is -0.117. The molecule has 0 amide bonds. The van der Waals surface area contributed by atoms with Crippen molar-refractivity contribution in [3.8, 4) is 0 Å². The van der Waals surface area contributed by atoms with E-state index in [1.165, 1.54) is 4.57 Å². The highest BCUT2D eigenvalue weighted by Gasteiger charge is 2.25. The summed E-state index contributed by atoms with van der Waals surface area (Å²) < 4.78 is 4.12. The highest BCUT2D eigenvalue weighted by Crippen LogP contribution is 2.23. The molecule has 1 saturated carbocycles. The Morgan fingerprint density at radius 2 is 1.90 bits per heavy atom. The molecule has 0 saturated heterocycles. The van der Waals surface area contributed by atoms with Gasteiger partial charge in [-0.2, -0.15) is 4.98 Å². The van der Waals surface area contributed by atoms with Gasteiger partial charge in [-0.05, 0) is 24.1 Å². The van der Waals surface area contributed by atoms with Crippen LogP contribution in [0.25, 0.3) is 11.2 Å². The van der Waals surface area contributed by atoms with Crippen LogP contribution in [0, 0.1) is 0 Å². The number of carbonyl (C=O) groups is 1. The second kappa shape index (κ2) is 7.35. The molecule has 3 aromatic rings. The van der Waals surface area contributed by atoms with Gasteiger partial charge in [0.25, 0.3) is 5.56 Å². The first-order valence-electron chi connectivity index (χ1n) is 9.14. The van der Waals surface area contributed by atoms with Crippen LogP contribution in [0.4, 0.5) is 5.95 Å². The molecular formula is C19H19Cl2N5O3. The maximum atomic E-state index is 13.1. The summed E-state index contributed by atoms with van der Waals surface area (Å²) in [5, 5.41) is 3.98. The SMILES string of the molecule is Cn1c(NC2CCC(=O)C2)nc2c1c(=O)n(Cc1ccc(Cl)c(Cl)c1)c(=O)n2C. The third-order valence-corrected chi connectivity index (χ3v) is 6.00. The van der Waals surface area contributed by atoms with Gasteiger partial charge in [0, 0.05) is 33.0 Å². The fourth-order valence-electron chi connectivity index (χ4n) is 3.65. The molecule has 1 unspecified atom stereocenters. The molecule has 29 heavy (non-hydrogen) atoms. The fourth-order valence-corrected chi connectivity index (χ4v) is 3.97. The first kappa shape index (κ1) is 19.7. The molecule has 1 aromatic carbocycles. The highest BCUT2D eigenvalue weighted by molar-refractivity contribution is 6.42. The van der Waals surface area contributed by atoms with Gasteiger partial charge in [0.05, 0.1) is 16.6 Å². The number of hydrogen-bond acceptors (Lipinski definition) is 5. The second-order valence-electron chi connectivity index (χ2n) is 7.27. The van der Waals surface area contributed by atoms with E-state index in [9.17, 15) is 14.4 Å². The molecule has 2 heterocycles. The molecule has 152 valence electrons. The molecule has 1 atom stereocenters. The lowest BCUT2D eigenvalue weighted by Gasteiger charge is -2.11. The van der Waals surface area contributed by atoms with Crippen LogP contribution in [0.15, 0.2) is 27.8 Å². The molecule has 0 bridgehead atoms. The van der Waals surface area contributed by atoms with Crippen LogP contribution < -0.4 is 16.6 Å². The Morgan fingerprint density at radius 1 is 1.14 bits per heavy atom. The van der Waals surface area contributed by atoms with Gasteiger partial charge in [-0.1, -0.05) is 29.3 Å². The number of nitrogens with zero attached hydrogens (tertiary/aromatic N) is 4. The van der Waals surface area contributed by atoms with E-state index in [1.54, 1.807) is 36.9 Å². The van der Waals surface area contributed by atoms with Crippen molar-refractivity contribution in [3.05, 3.63) is 54.6 Å². The molecule has 0 radical (unpaired) electrons. The van der Waals surface area contributed by atoms with E-state index in [1.807, 2.05) is 0 Å². The molecule has 1 N–H and O–H groups in total. The van der Waals surface area contributed by atoms with Crippen LogP contribution in [-0.2, 0) is 25.4 Å². The average molecular weight is 436 g/mol. The minimum absolute atomic E-state index is 0.0199. The number of Topliss-reactive ketones (excluding diaryl/α,β-unsaturated/α-hetero) is 1. The van der Waals surface area contributed by atoms with Crippen molar-refractivity contribution >= 4 is 46.1 Å². The molecule has 0 aliphatic heterocycles. The van der Waals surface area contributed by atoms with Gasteiger partial charge in [0.1, 0.15) is 5.78 Å². The number of carbonyl (C=O) groups excluding carboxylic acids is 1. The fraction of sp³-hybridized carbons (Fsp3) is 0.368. The molecule has 10 heteroatoms. The van der Waals surface area contributed by atoms with Crippen LogP contribution >= 0.6 is 23.2 Å². The number of halogens is 2. The average Bonchev–Trinajstić information content (AvgIpc) is 3.23. The molecule has 1 aliphatic rings. The summed E-state index contributed by atoms with van der Waals surface area (Å²) in [4.78, 5) is 41.9. The predicted molar refractivity (Wildman–Crippen MR) is 112 cm³/mol. The Bertz CT molecular complexity index is 1260. The Morgan fingerprint density at radius 3 is 2.55 bits per heavy atom. The minimum Gasteiger partial charge on any atom is -0.352 e. The van der Waals surface area contributed by atoms with E-state index in [0.29, 0.717) is 45.6 Å². The van der Waals surface area contributed by atoms with E-state index in [4.69, 9.17) is 23.2 Å². The zero-order valence-electron chi connectivity index (χ0n) is 15.9. The third kappa shape index (κ3) is 3.47. The van der Waals surface area contributed by atoms with E-state index in [2.05, 4.69) is 10.3 Å². The first-order chi connectivity index (χ1) is 13.8. The zero-order chi connectivity index (χ0) is 20.9. The van der Waals surface area contributed by atoms with Gasteiger partial charge in [0.2, 0.25) is 5.95 Å². The number of aryl methyl sites for hydroxylation is 2. The van der Waals surface area contributed by atoms with Gasteiger partial charge in [0.15, 0.2) is 11.2 Å². The number of hydrogen-bond donors (Lipinski definition) is 1. The normalized spacial score (nSPS) is 16.7. The molecule has 1 aliphatic carbocycles. The second-order valence-corrected chi connectivity index (χ2v) is 8.09. The standard InChI is InChI=1S/C19H19Cl2N5O3/c1-24-15-16(23-18(24)22-11-4-5-12(27)8-11)25(2)19(29)26(17(15)28)9-10-3-6-13(20)14(21)7-10/h3,6-7,11H,4-5,8-9H2,1-2H3,(H,22,23). The number of nitrogens with one attached hydrogen (secondary N) is 1. The van der Waals surface area contributed by atoms with Crippen molar-refractivity contribution in [3.63, 3.8) is 0 Å². The molecule has 8 nitrogen and oxygen atoms in total. The Kier molecular flexibility index (Phi) is 5.00. The van der Waals surface area contributed by atoms with E-state index < -0.39 is 11.2 Å². The number of imidazole rings is 1. The number of aromatic nitrogens is 4. The number of anilines is 1. The van der Waals surface area contributed by atoms with Crippen LogP contribution in [-0.4, -0.2) is 30.5 Å². The van der Waals surface area contributed by atoms with Crippen LogP contribution in [0.1, 0.15) is 24.8 Å². The summed E-state index contributed by atoms with van der Waals surface area (Å²) in [6.07, 6.45) is 1.70. The molecule has 4 rings (SSSR count). The number of ketones is 1. The third-order valence-electron chi connectivity index (χ3n) is 5.26. The highest BCUT2D eigenvalue weighted by atomic mass is 35.5. The van der Waals surface area contributed by atoms with Gasteiger partial charge in [-0.25, -0.2) is 4.79 Å². The van der Waals surface area contributed by atoms with Crippen molar-refractivity contribution in [1.29, 1.82) is 0 Å². The molecule has 0 spiro atoms. The maximum absolute atomic E-state index is 13.1. The van der Waals surface area contributed by atoms with E-state index >= 15 is 0 Å². The quantitative estimate of drug-likeness (QED) is 0.678. The summed E-state index contributed by atoms with van der Waals surface area (Å²) in [7, 11) is 3.29. The summed E-state index contributed by atoms with van der Waals surface area (Å²) in [5.41, 5.74) is 0.357. The van der Waals surface area contributed by atoms with Crippen molar-refractivity contribution in [1.82, 2.24) is 18.7 Å². The predicted octanol–water partition coefficient (Wildman–Crippen LogP) is 2.32. The van der Waals surface area contributed by atoms with Crippen molar-refractivity contribution < 1.29 is 4.79 Å². The summed E-state index contributed by atoms with van der Waals surface area (Å²) in [6.45, 7) is 0.0589. The van der Waals surface area contributed by atoms with Gasteiger partial charge in [-0.3, -0.25) is 18.7 Å². The number of benzene rings is 1. The molecule has 2 aromatic heterocycles. The summed E-state index contributed by atoms with van der Waals surface area (Å²) in [5.74, 6) is 0.664. The first-order valence-corrected chi connectivity index (χ1v) is 9.90. The largest absolute Gasteiger partial charge is 0.352 e. The van der Waals surface area contributed by atoms with Crippen LogP contribution in [0.5, 0.6) is 0 Å². The van der Waals surface area contributed by atoms with Crippen molar-refractivity contribution in [2.75, 3.05) is 5.32 Å². The Hall–Kier alpha value is -2.58. The van der Waals surface area contributed by atoms with Crippen LogP contribution in [0.3, 0.4) is 0 Å². The lowest BCUT2D eigenvalue weighted by atomic mass is 10.2. The van der Waals surface area contributed by atoms with Gasteiger partial charge in [-0.15, -0.1) is 0 Å². The lowest BCUT2D eigenvalue weighted by Crippen LogP contribution is -2.39. The monoisotopic (exact) mass is 435 g/mol. The Balaban J connectivity index is 1.79. The van der Waals surface area contributed by atoms with E-state index in [0.717, 1.165) is 11.0 Å². The maximum Gasteiger partial charge on any atom is 0.332 e. The zero-order valence-corrected chi connectivity index (χ0v) is 17.4. The van der Waals surface area contributed by atoms with E-state index in [-0.39, 0.29) is 18.4 Å². The number of fused-ring (bicyclic) bond motifs is 1. The van der Waals surface area contributed by atoms with Crippen molar-refractivity contribution in [2.45, 2.75) is 31.8 Å². The number of rotatable bonds is 4. The molecular weight excluding hydrogens is 417 g/mol. The smallest absolute Gasteiger partial charge is 0.332 e. The van der Waals surface area contributed by atoms with Crippen molar-refractivity contribution in [2.24, 2.45) is 14.1 Å². The Labute approximate surface area is 175 Å². The van der Waals surface area contributed by atoms with Crippen LogP contribution in [0.2, 0.25) is 10.0 Å². The minimum atomic E-state index is -0.478. The van der Waals surface area contributed by atoms with Gasteiger partial charge >= 0.3 is 5.69 Å². The molecule has 1 fully saturated rings. The summed E-state index contributed by atoms with van der Waals surface area (Å²) >= 11 is 12.0. The summed E-state index contributed by atoms with van der Waals surface area (Å²) in [6, 6.07) is 4.96.